The van der Waals surface area contributed by atoms with E-state index >= 15 is 0 Å². The van der Waals surface area contributed by atoms with Crippen LogP contribution in [0, 0.1) is 5.92 Å². The quantitative estimate of drug-likeness (QED) is 0.557. The Morgan fingerprint density at radius 1 is 1.56 bits per heavy atom. The summed E-state index contributed by atoms with van der Waals surface area (Å²) in [5.41, 5.74) is 0.185. The summed E-state index contributed by atoms with van der Waals surface area (Å²) >= 11 is 0. The maximum absolute atomic E-state index is 8.80. The SMILES string of the molecule is Cl.OCC12CC(CN1)C2. The van der Waals surface area contributed by atoms with Crippen LogP contribution in [0.15, 0.2) is 0 Å². The maximum atomic E-state index is 8.80. The van der Waals surface area contributed by atoms with Gasteiger partial charge in [0.15, 0.2) is 0 Å². The lowest BCUT2D eigenvalue weighted by Crippen LogP contribution is -2.46. The van der Waals surface area contributed by atoms with Crippen LogP contribution in [0.5, 0.6) is 0 Å². The molecule has 3 heteroatoms. The van der Waals surface area contributed by atoms with Crippen molar-refractivity contribution in [3.63, 3.8) is 0 Å². The molecule has 1 aliphatic carbocycles. The second-order valence-electron chi connectivity index (χ2n) is 3.09. The Bertz CT molecular complexity index is 106. The molecule has 2 saturated heterocycles. The highest BCUT2D eigenvalue weighted by atomic mass is 35.5. The summed E-state index contributed by atoms with van der Waals surface area (Å²) in [4.78, 5) is 0. The van der Waals surface area contributed by atoms with Crippen molar-refractivity contribution in [1.82, 2.24) is 5.32 Å². The topological polar surface area (TPSA) is 32.3 Å². The molecule has 0 amide bonds. The van der Waals surface area contributed by atoms with Gasteiger partial charge in [-0.05, 0) is 25.3 Å². The third-order valence-electron chi connectivity index (χ3n) is 2.43. The van der Waals surface area contributed by atoms with Crippen LogP contribution < -0.4 is 5.32 Å². The highest BCUT2D eigenvalue weighted by Gasteiger charge is 2.49. The second-order valence-corrected chi connectivity index (χ2v) is 3.09. The number of nitrogens with one attached hydrogen (secondary N) is 1. The normalized spacial score (nSPS) is 45.7. The van der Waals surface area contributed by atoms with E-state index in [2.05, 4.69) is 5.32 Å². The molecule has 0 aromatic carbocycles. The molecule has 2 heterocycles. The molecule has 3 fully saturated rings. The van der Waals surface area contributed by atoms with Gasteiger partial charge in [0, 0.05) is 5.54 Å². The molecule has 0 aromatic rings. The van der Waals surface area contributed by atoms with Gasteiger partial charge in [-0.25, -0.2) is 0 Å². The Kier molecular flexibility index (Phi) is 1.72. The first kappa shape index (κ1) is 7.32. The molecule has 9 heavy (non-hydrogen) atoms. The summed E-state index contributed by atoms with van der Waals surface area (Å²) in [6.07, 6.45) is 2.42. The fraction of sp³-hybridized carbons (Fsp3) is 1.00. The van der Waals surface area contributed by atoms with E-state index in [1.54, 1.807) is 0 Å². The van der Waals surface area contributed by atoms with Gasteiger partial charge in [-0.1, -0.05) is 0 Å². The highest BCUT2D eigenvalue weighted by molar-refractivity contribution is 5.85. The predicted molar refractivity (Wildman–Crippen MR) is 37.8 cm³/mol. The van der Waals surface area contributed by atoms with Crippen molar-refractivity contribution in [2.24, 2.45) is 5.92 Å². The fourth-order valence-electron chi connectivity index (χ4n) is 1.88. The van der Waals surface area contributed by atoms with Crippen molar-refractivity contribution in [2.75, 3.05) is 13.2 Å². The van der Waals surface area contributed by atoms with Crippen molar-refractivity contribution in [1.29, 1.82) is 0 Å². The Labute approximate surface area is 61.0 Å². The van der Waals surface area contributed by atoms with E-state index in [1.165, 1.54) is 12.8 Å². The van der Waals surface area contributed by atoms with Gasteiger partial charge in [0.1, 0.15) is 0 Å². The van der Waals surface area contributed by atoms with Crippen molar-refractivity contribution < 1.29 is 5.11 Å². The zero-order chi connectivity index (χ0) is 5.61. The summed E-state index contributed by atoms with van der Waals surface area (Å²) in [6, 6.07) is 0. The second kappa shape index (κ2) is 2.11. The predicted octanol–water partition coefficient (Wildman–Crippen LogP) is 0.152. The van der Waals surface area contributed by atoms with Gasteiger partial charge in [0.05, 0.1) is 6.61 Å². The zero-order valence-corrected chi connectivity index (χ0v) is 6.08. The highest BCUT2D eigenvalue weighted by Crippen LogP contribution is 2.42. The Balaban J connectivity index is 0.000000405. The number of hydrogen-bond acceptors (Lipinski definition) is 2. The van der Waals surface area contributed by atoms with Gasteiger partial charge < -0.3 is 10.4 Å². The van der Waals surface area contributed by atoms with Crippen LogP contribution in [0.3, 0.4) is 0 Å². The van der Waals surface area contributed by atoms with Crippen molar-refractivity contribution >= 4 is 12.4 Å². The zero-order valence-electron chi connectivity index (χ0n) is 5.26. The van der Waals surface area contributed by atoms with E-state index in [-0.39, 0.29) is 17.9 Å². The molecule has 2 bridgehead atoms. The lowest BCUT2D eigenvalue weighted by molar-refractivity contribution is 0.116. The van der Waals surface area contributed by atoms with Gasteiger partial charge in [-0.15, -0.1) is 12.4 Å². The van der Waals surface area contributed by atoms with Gasteiger partial charge in [0.25, 0.3) is 0 Å². The minimum atomic E-state index is 0. The number of aliphatic hydroxyl groups is 1. The molecule has 0 radical (unpaired) electrons. The molecular weight excluding hydrogens is 138 g/mol. The summed E-state index contributed by atoms with van der Waals surface area (Å²) in [6.45, 7) is 1.48. The van der Waals surface area contributed by atoms with E-state index in [1.807, 2.05) is 0 Å². The van der Waals surface area contributed by atoms with Crippen LogP contribution in [0.1, 0.15) is 12.8 Å². The van der Waals surface area contributed by atoms with Crippen LogP contribution >= 0.6 is 12.4 Å². The molecule has 0 atom stereocenters. The fourth-order valence-corrected chi connectivity index (χ4v) is 1.88. The molecule has 2 N–H and O–H groups in total. The Hall–Kier alpha value is 0.210. The summed E-state index contributed by atoms with van der Waals surface area (Å²) in [5, 5.41) is 12.1. The standard InChI is InChI=1S/C6H11NO.ClH/c8-4-6-1-5(2-6)3-7-6;/h5,7-8H,1-4H2;1H. The van der Waals surface area contributed by atoms with Crippen LogP contribution in [0.2, 0.25) is 0 Å². The average Bonchev–Trinajstić information content (AvgIpc) is 2.17. The number of halogens is 1. The third-order valence-corrected chi connectivity index (χ3v) is 2.43. The van der Waals surface area contributed by atoms with Gasteiger partial charge in [0.2, 0.25) is 0 Å². The van der Waals surface area contributed by atoms with Crippen LogP contribution in [0.4, 0.5) is 0 Å². The van der Waals surface area contributed by atoms with Crippen molar-refractivity contribution in [3.05, 3.63) is 0 Å². The molecule has 1 saturated carbocycles. The minimum Gasteiger partial charge on any atom is -0.394 e. The third kappa shape index (κ3) is 0.858. The first-order valence-corrected chi connectivity index (χ1v) is 3.21. The molecule has 0 aromatic heterocycles. The van der Waals surface area contributed by atoms with Crippen LogP contribution in [-0.2, 0) is 0 Å². The van der Waals surface area contributed by atoms with Gasteiger partial charge in [-0.3, -0.25) is 0 Å². The first-order valence-electron chi connectivity index (χ1n) is 3.21. The van der Waals surface area contributed by atoms with E-state index in [0.717, 1.165) is 12.5 Å². The van der Waals surface area contributed by atoms with E-state index in [4.69, 9.17) is 5.11 Å². The Morgan fingerprint density at radius 3 is 2.44 bits per heavy atom. The Morgan fingerprint density at radius 2 is 2.22 bits per heavy atom. The molecule has 3 rings (SSSR count). The molecule has 3 aliphatic rings. The van der Waals surface area contributed by atoms with Crippen LogP contribution in [-0.4, -0.2) is 23.8 Å². The molecule has 0 unspecified atom stereocenters. The van der Waals surface area contributed by atoms with Crippen LogP contribution in [0.25, 0.3) is 0 Å². The van der Waals surface area contributed by atoms with E-state index in [0.29, 0.717) is 6.61 Å². The largest absolute Gasteiger partial charge is 0.394 e. The van der Waals surface area contributed by atoms with Gasteiger partial charge >= 0.3 is 0 Å². The average molecular weight is 150 g/mol. The number of hydrogen-bond donors (Lipinski definition) is 2. The summed E-state index contributed by atoms with van der Waals surface area (Å²) in [7, 11) is 0. The first-order chi connectivity index (χ1) is 3.85. The number of aliphatic hydroxyl groups excluding tert-OH is 1. The van der Waals surface area contributed by atoms with E-state index in [9.17, 15) is 0 Å². The number of rotatable bonds is 1. The smallest absolute Gasteiger partial charge is 0.0613 e. The van der Waals surface area contributed by atoms with Gasteiger partial charge in [-0.2, -0.15) is 0 Å². The lowest BCUT2D eigenvalue weighted by Gasteiger charge is -2.35. The van der Waals surface area contributed by atoms with Crippen molar-refractivity contribution in [3.8, 4) is 0 Å². The molecular formula is C6H12ClNO. The molecule has 2 nitrogen and oxygen atoms in total. The number of fused-ring (bicyclic) bond motifs is 1. The molecule has 54 valence electrons. The maximum Gasteiger partial charge on any atom is 0.0613 e. The summed E-state index contributed by atoms with van der Waals surface area (Å²) in [5.74, 6) is 0.891. The minimum absolute atomic E-state index is 0. The molecule has 2 aliphatic heterocycles. The summed E-state index contributed by atoms with van der Waals surface area (Å²) < 4.78 is 0. The monoisotopic (exact) mass is 149 g/mol. The van der Waals surface area contributed by atoms with Crippen molar-refractivity contribution in [2.45, 2.75) is 18.4 Å². The van der Waals surface area contributed by atoms with E-state index < -0.39 is 0 Å². The molecule has 0 spiro atoms. The lowest BCUT2D eigenvalue weighted by atomic mass is 9.74.